The Morgan fingerprint density at radius 2 is 1.90 bits per heavy atom. The molecule has 98 valence electrons. The number of hydrogen-bond donors (Lipinski definition) is 1. The zero-order chi connectivity index (χ0) is 13.4. The maximum absolute atomic E-state index is 4.51. The molecular formula is C17H15N3. The molecule has 0 radical (unpaired) electrons. The molecule has 0 bridgehead atoms. The van der Waals surface area contributed by atoms with Crippen molar-refractivity contribution in [2.75, 3.05) is 0 Å². The molecule has 1 aliphatic heterocycles. The fourth-order valence-electron chi connectivity index (χ4n) is 2.86. The van der Waals surface area contributed by atoms with Crippen LogP contribution in [0.15, 0.2) is 67.0 Å². The lowest BCUT2D eigenvalue weighted by Gasteiger charge is -2.16. The van der Waals surface area contributed by atoms with E-state index < -0.39 is 0 Å². The van der Waals surface area contributed by atoms with E-state index in [0.717, 1.165) is 12.2 Å². The summed E-state index contributed by atoms with van der Waals surface area (Å²) in [6.45, 7) is 0.846. The molecule has 2 aromatic heterocycles. The summed E-state index contributed by atoms with van der Waals surface area (Å²) in [4.78, 5) is 4.51. The van der Waals surface area contributed by atoms with Gasteiger partial charge in [0.25, 0.3) is 0 Å². The Balaban J connectivity index is 1.88. The Labute approximate surface area is 117 Å². The number of rotatable bonds is 1. The van der Waals surface area contributed by atoms with Crippen LogP contribution in [0.25, 0.3) is 5.69 Å². The van der Waals surface area contributed by atoms with E-state index in [1.165, 1.54) is 16.9 Å². The van der Waals surface area contributed by atoms with E-state index in [0.29, 0.717) is 0 Å². The Morgan fingerprint density at radius 3 is 2.80 bits per heavy atom. The van der Waals surface area contributed by atoms with Crippen LogP contribution in [0, 0.1) is 0 Å². The Hall–Kier alpha value is -2.39. The van der Waals surface area contributed by atoms with Crippen LogP contribution in [0.1, 0.15) is 23.0 Å². The first-order valence-electron chi connectivity index (χ1n) is 6.83. The number of nitrogens with zero attached hydrogens (tertiary/aromatic N) is 2. The van der Waals surface area contributed by atoms with Gasteiger partial charge in [-0.1, -0.05) is 24.3 Å². The van der Waals surface area contributed by atoms with Gasteiger partial charge in [-0.05, 0) is 35.9 Å². The summed E-state index contributed by atoms with van der Waals surface area (Å²) in [7, 11) is 0. The first kappa shape index (κ1) is 11.4. The molecule has 3 heterocycles. The van der Waals surface area contributed by atoms with Crippen molar-refractivity contribution in [3.8, 4) is 5.69 Å². The second-order valence-corrected chi connectivity index (χ2v) is 5.00. The zero-order valence-corrected chi connectivity index (χ0v) is 11.0. The van der Waals surface area contributed by atoms with Crippen LogP contribution >= 0.6 is 0 Å². The zero-order valence-electron chi connectivity index (χ0n) is 11.0. The normalized spacial score (nSPS) is 17.1. The van der Waals surface area contributed by atoms with Crippen molar-refractivity contribution in [1.82, 2.24) is 14.9 Å². The molecule has 0 saturated heterocycles. The van der Waals surface area contributed by atoms with E-state index in [1.54, 1.807) is 0 Å². The van der Waals surface area contributed by atoms with Gasteiger partial charge in [-0.3, -0.25) is 10.3 Å². The van der Waals surface area contributed by atoms with E-state index >= 15 is 0 Å². The van der Waals surface area contributed by atoms with Crippen LogP contribution in [0.4, 0.5) is 0 Å². The van der Waals surface area contributed by atoms with Gasteiger partial charge in [-0.2, -0.15) is 0 Å². The molecule has 1 aromatic carbocycles. The number of nitrogens with one attached hydrogen (secondary N) is 1. The van der Waals surface area contributed by atoms with Crippen LogP contribution in [0.5, 0.6) is 0 Å². The number of aromatic nitrogens is 2. The Morgan fingerprint density at radius 1 is 1.00 bits per heavy atom. The van der Waals surface area contributed by atoms with Gasteiger partial charge >= 0.3 is 0 Å². The highest BCUT2D eigenvalue weighted by Gasteiger charge is 2.23. The van der Waals surface area contributed by atoms with Gasteiger partial charge in [0.15, 0.2) is 0 Å². The van der Waals surface area contributed by atoms with Gasteiger partial charge in [-0.25, -0.2) is 0 Å². The Kier molecular flexibility index (Phi) is 2.64. The molecular weight excluding hydrogens is 246 g/mol. The van der Waals surface area contributed by atoms with Crippen molar-refractivity contribution in [1.29, 1.82) is 0 Å². The second kappa shape index (κ2) is 4.62. The molecule has 3 aromatic rings. The maximum Gasteiger partial charge on any atom is 0.0911 e. The van der Waals surface area contributed by atoms with Gasteiger partial charge < -0.3 is 4.57 Å². The molecule has 4 rings (SSSR count). The summed E-state index contributed by atoms with van der Waals surface area (Å²) in [5.74, 6) is 0. The van der Waals surface area contributed by atoms with Crippen molar-refractivity contribution in [2.24, 2.45) is 0 Å². The molecule has 1 N–H and O–H groups in total. The number of fused-ring (bicyclic) bond motifs is 3. The minimum atomic E-state index is 0.124. The average Bonchev–Trinajstić information content (AvgIpc) is 2.93. The van der Waals surface area contributed by atoms with Gasteiger partial charge in [0.05, 0.1) is 11.7 Å². The lowest BCUT2D eigenvalue weighted by Crippen LogP contribution is -2.22. The smallest absolute Gasteiger partial charge is 0.0911 e. The lowest BCUT2D eigenvalue weighted by atomic mass is 10.1. The van der Waals surface area contributed by atoms with Gasteiger partial charge in [0.1, 0.15) is 0 Å². The molecule has 0 spiro atoms. The van der Waals surface area contributed by atoms with Gasteiger partial charge in [0.2, 0.25) is 0 Å². The quantitative estimate of drug-likeness (QED) is 0.729. The van der Waals surface area contributed by atoms with Crippen molar-refractivity contribution in [3.63, 3.8) is 0 Å². The van der Waals surface area contributed by atoms with Crippen molar-refractivity contribution in [2.45, 2.75) is 12.6 Å². The second-order valence-electron chi connectivity index (χ2n) is 5.00. The van der Waals surface area contributed by atoms with Crippen LogP contribution in [-0.2, 0) is 6.54 Å². The highest BCUT2D eigenvalue weighted by Crippen LogP contribution is 2.29. The molecule has 3 nitrogen and oxygen atoms in total. The predicted molar refractivity (Wildman–Crippen MR) is 78.7 cm³/mol. The van der Waals surface area contributed by atoms with Crippen LogP contribution in [0.2, 0.25) is 0 Å². The third kappa shape index (κ3) is 1.75. The molecule has 0 aliphatic carbocycles. The largest absolute Gasteiger partial charge is 0.319 e. The van der Waals surface area contributed by atoms with E-state index in [2.05, 4.69) is 63.5 Å². The van der Waals surface area contributed by atoms with E-state index in [4.69, 9.17) is 0 Å². The van der Waals surface area contributed by atoms with Crippen molar-refractivity contribution >= 4 is 0 Å². The first-order chi connectivity index (χ1) is 9.93. The molecule has 1 atom stereocenters. The fraction of sp³-hybridized carbons (Fsp3) is 0.118. The molecule has 1 aliphatic rings. The highest BCUT2D eigenvalue weighted by molar-refractivity contribution is 5.46. The summed E-state index contributed by atoms with van der Waals surface area (Å²) in [5.41, 5.74) is 4.84. The Bertz CT molecular complexity index is 731. The third-order valence-electron chi connectivity index (χ3n) is 3.81. The van der Waals surface area contributed by atoms with E-state index in [-0.39, 0.29) is 6.04 Å². The third-order valence-corrected chi connectivity index (χ3v) is 3.81. The minimum Gasteiger partial charge on any atom is -0.319 e. The van der Waals surface area contributed by atoms with Crippen molar-refractivity contribution in [3.05, 3.63) is 83.9 Å². The molecule has 0 fully saturated rings. The molecule has 1 unspecified atom stereocenters. The van der Waals surface area contributed by atoms with E-state index in [1.807, 2.05) is 18.3 Å². The SMILES string of the molecule is c1ccc(C2NCc3ccccc3-n3cccc32)nc1. The number of para-hydroxylation sites is 1. The maximum atomic E-state index is 4.51. The molecule has 20 heavy (non-hydrogen) atoms. The number of pyridine rings is 1. The summed E-state index contributed by atoms with van der Waals surface area (Å²) < 4.78 is 2.26. The van der Waals surface area contributed by atoms with Crippen molar-refractivity contribution < 1.29 is 0 Å². The first-order valence-corrected chi connectivity index (χ1v) is 6.83. The number of hydrogen-bond acceptors (Lipinski definition) is 2. The van der Waals surface area contributed by atoms with Gasteiger partial charge in [0, 0.05) is 30.3 Å². The standard InChI is InChI=1S/C17H15N3/c1-2-8-15-13(6-1)12-19-17(14-7-3-4-10-18-14)16-9-5-11-20(15)16/h1-11,17,19H,12H2. The number of benzene rings is 1. The van der Waals surface area contributed by atoms with Crippen LogP contribution in [0.3, 0.4) is 0 Å². The molecule has 0 amide bonds. The van der Waals surface area contributed by atoms with Gasteiger partial charge in [-0.15, -0.1) is 0 Å². The summed E-state index contributed by atoms with van der Waals surface area (Å²) in [6.07, 6.45) is 3.97. The molecule has 0 saturated carbocycles. The van der Waals surface area contributed by atoms with E-state index in [9.17, 15) is 0 Å². The topological polar surface area (TPSA) is 29.9 Å². The fourth-order valence-corrected chi connectivity index (χ4v) is 2.86. The summed E-state index contributed by atoms with van der Waals surface area (Å²) in [5, 5.41) is 3.61. The average molecular weight is 261 g/mol. The lowest BCUT2D eigenvalue weighted by molar-refractivity contribution is 0.587. The highest BCUT2D eigenvalue weighted by atomic mass is 15.1. The molecule has 3 heteroatoms. The van der Waals surface area contributed by atoms with Crippen LogP contribution in [-0.4, -0.2) is 9.55 Å². The summed E-state index contributed by atoms with van der Waals surface area (Å²) in [6, 6.07) is 19.0. The predicted octanol–water partition coefficient (Wildman–Crippen LogP) is 3.06. The van der Waals surface area contributed by atoms with Crippen LogP contribution < -0.4 is 5.32 Å². The minimum absolute atomic E-state index is 0.124. The summed E-state index contributed by atoms with van der Waals surface area (Å²) >= 11 is 0. The monoisotopic (exact) mass is 261 g/mol.